The van der Waals surface area contributed by atoms with Gasteiger partial charge in [0.05, 0.1) is 0 Å². The van der Waals surface area contributed by atoms with Crippen LogP contribution in [0.3, 0.4) is 0 Å². The van der Waals surface area contributed by atoms with Crippen LogP contribution in [0.5, 0.6) is 0 Å². The molecular formula is C17H29BrN2. The molecule has 0 aromatic heterocycles. The Bertz CT molecular complexity index is 400. The maximum atomic E-state index is 6.15. The highest BCUT2D eigenvalue weighted by Gasteiger charge is 2.32. The minimum atomic E-state index is 0.00622. The van der Waals surface area contributed by atoms with Crippen molar-refractivity contribution in [2.24, 2.45) is 11.7 Å². The van der Waals surface area contributed by atoms with Gasteiger partial charge in [0.1, 0.15) is 0 Å². The van der Waals surface area contributed by atoms with Crippen molar-refractivity contribution in [2.75, 3.05) is 13.1 Å². The molecule has 0 heterocycles. The maximum Gasteiger partial charge on any atom is 0.0346 e. The maximum absolute atomic E-state index is 6.15. The fourth-order valence-corrected chi connectivity index (χ4v) is 3.05. The van der Waals surface area contributed by atoms with Gasteiger partial charge in [0.15, 0.2) is 0 Å². The van der Waals surface area contributed by atoms with E-state index in [0.29, 0.717) is 18.5 Å². The molecule has 0 radical (unpaired) electrons. The van der Waals surface area contributed by atoms with Gasteiger partial charge in [0.25, 0.3) is 0 Å². The average Bonchev–Trinajstić information content (AvgIpc) is 2.38. The number of nitrogens with zero attached hydrogens (tertiary/aromatic N) is 1. The third-order valence-electron chi connectivity index (χ3n) is 3.82. The summed E-state index contributed by atoms with van der Waals surface area (Å²) in [5.74, 6) is 0.646. The highest BCUT2D eigenvalue weighted by Crippen LogP contribution is 2.24. The summed E-state index contributed by atoms with van der Waals surface area (Å²) in [7, 11) is 0. The Morgan fingerprint density at radius 2 is 1.70 bits per heavy atom. The van der Waals surface area contributed by atoms with Crippen LogP contribution in [-0.4, -0.2) is 29.6 Å². The van der Waals surface area contributed by atoms with E-state index in [-0.39, 0.29) is 5.54 Å². The van der Waals surface area contributed by atoms with Crippen molar-refractivity contribution in [2.45, 2.75) is 52.6 Å². The molecule has 1 atom stereocenters. The summed E-state index contributed by atoms with van der Waals surface area (Å²) >= 11 is 3.49. The molecule has 1 aromatic rings. The van der Waals surface area contributed by atoms with Gasteiger partial charge in [-0.05, 0) is 50.8 Å². The predicted molar refractivity (Wildman–Crippen MR) is 92.0 cm³/mol. The number of hydrogen-bond donors (Lipinski definition) is 1. The smallest absolute Gasteiger partial charge is 0.0346 e. The van der Waals surface area contributed by atoms with E-state index >= 15 is 0 Å². The summed E-state index contributed by atoms with van der Waals surface area (Å²) in [5, 5.41) is 0. The van der Waals surface area contributed by atoms with Gasteiger partial charge in [-0.3, -0.25) is 4.90 Å². The van der Waals surface area contributed by atoms with Gasteiger partial charge in [-0.15, -0.1) is 0 Å². The molecule has 0 amide bonds. The van der Waals surface area contributed by atoms with Gasteiger partial charge >= 0.3 is 0 Å². The van der Waals surface area contributed by atoms with Gasteiger partial charge in [0.2, 0.25) is 0 Å². The second-order valence-electron chi connectivity index (χ2n) is 6.64. The largest absolute Gasteiger partial charge is 0.329 e. The molecule has 1 aromatic carbocycles. The summed E-state index contributed by atoms with van der Waals surface area (Å²) in [6.07, 6.45) is 0.988. The van der Waals surface area contributed by atoms with Crippen LogP contribution in [0.25, 0.3) is 0 Å². The lowest BCUT2D eigenvalue weighted by atomic mass is 9.89. The summed E-state index contributed by atoms with van der Waals surface area (Å²) in [6, 6.07) is 9.09. The Kier molecular flexibility index (Phi) is 6.70. The highest BCUT2D eigenvalue weighted by atomic mass is 79.9. The van der Waals surface area contributed by atoms with Crippen molar-refractivity contribution in [1.82, 2.24) is 4.90 Å². The molecule has 114 valence electrons. The van der Waals surface area contributed by atoms with Crippen molar-refractivity contribution in [3.63, 3.8) is 0 Å². The first-order valence-corrected chi connectivity index (χ1v) is 8.29. The summed E-state index contributed by atoms with van der Waals surface area (Å²) < 4.78 is 1.12. The van der Waals surface area contributed by atoms with Crippen molar-refractivity contribution in [3.05, 3.63) is 34.3 Å². The molecule has 1 unspecified atom stereocenters. The van der Waals surface area contributed by atoms with Crippen LogP contribution in [0.4, 0.5) is 0 Å². The van der Waals surface area contributed by atoms with E-state index < -0.39 is 0 Å². The fourth-order valence-electron chi connectivity index (χ4n) is 2.78. The third kappa shape index (κ3) is 4.87. The van der Waals surface area contributed by atoms with Crippen molar-refractivity contribution >= 4 is 15.9 Å². The fraction of sp³-hybridized carbons (Fsp3) is 0.647. The Hall–Kier alpha value is -0.380. The van der Waals surface area contributed by atoms with Crippen molar-refractivity contribution in [1.29, 1.82) is 0 Å². The first-order chi connectivity index (χ1) is 9.28. The van der Waals surface area contributed by atoms with Crippen LogP contribution in [0, 0.1) is 5.92 Å². The summed E-state index contributed by atoms with van der Waals surface area (Å²) in [4.78, 5) is 2.56. The molecule has 2 N–H and O–H groups in total. The van der Waals surface area contributed by atoms with Crippen LogP contribution >= 0.6 is 15.9 Å². The quantitative estimate of drug-likeness (QED) is 0.810. The van der Waals surface area contributed by atoms with E-state index in [1.165, 1.54) is 5.56 Å². The molecule has 0 aliphatic carbocycles. The molecule has 20 heavy (non-hydrogen) atoms. The molecule has 0 aliphatic heterocycles. The van der Waals surface area contributed by atoms with E-state index in [4.69, 9.17) is 5.73 Å². The predicted octanol–water partition coefficient (Wildman–Crippen LogP) is 4.08. The minimum Gasteiger partial charge on any atom is -0.329 e. The lowest BCUT2D eigenvalue weighted by Crippen LogP contribution is -2.57. The molecule has 0 saturated carbocycles. The van der Waals surface area contributed by atoms with E-state index in [9.17, 15) is 0 Å². The second-order valence-corrected chi connectivity index (χ2v) is 7.56. The van der Waals surface area contributed by atoms with Crippen LogP contribution in [-0.2, 0) is 6.42 Å². The number of hydrogen-bond acceptors (Lipinski definition) is 2. The number of benzene rings is 1. The molecule has 0 fully saturated rings. The minimum absolute atomic E-state index is 0.00622. The topological polar surface area (TPSA) is 29.3 Å². The van der Waals surface area contributed by atoms with E-state index in [1.54, 1.807) is 0 Å². The molecule has 3 heteroatoms. The van der Waals surface area contributed by atoms with E-state index in [1.807, 2.05) is 0 Å². The number of rotatable bonds is 7. The van der Waals surface area contributed by atoms with Gasteiger partial charge in [-0.25, -0.2) is 0 Å². The van der Waals surface area contributed by atoms with Crippen LogP contribution < -0.4 is 5.73 Å². The lowest BCUT2D eigenvalue weighted by molar-refractivity contribution is 0.0628. The zero-order valence-electron chi connectivity index (χ0n) is 13.5. The van der Waals surface area contributed by atoms with Crippen LogP contribution in [0.2, 0.25) is 0 Å². The Morgan fingerprint density at radius 3 is 2.10 bits per heavy atom. The Labute approximate surface area is 132 Å². The summed E-state index contributed by atoms with van der Waals surface area (Å²) in [5.41, 5.74) is 7.50. The van der Waals surface area contributed by atoms with E-state index in [2.05, 4.69) is 79.7 Å². The lowest BCUT2D eigenvalue weighted by Gasteiger charge is -2.44. The number of nitrogens with two attached hydrogens (primary N) is 1. The molecule has 0 bridgehead atoms. The molecule has 0 saturated heterocycles. The molecule has 0 spiro atoms. The van der Waals surface area contributed by atoms with Gasteiger partial charge in [-0.2, -0.15) is 0 Å². The van der Waals surface area contributed by atoms with Crippen LogP contribution in [0.15, 0.2) is 28.7 Å². The Morgan fingerprint density at radius 1 is 1.15 bits per heavy atom. The first kappa shape index (κ1) is 17.7. The van der Waals surface area contributed by atoms with Crippen molar-refractivity contribution in [3.8, 4) is 0 Å². The Balaban J connectivity index is 2.95. The van der Waals surface area contributed by atoms with Crippen molar-refractivity contribution < 1.29 is 0 Å². The third-order valence-corrected chi connectivity index (χ3v) is 4.35. The zero-order valence-corrected chi connectivity index (χ0v) is 15.1. The van der Waals surface area contributed by atoms with Gasteiger partial charge in [-0.1, -0.05) is 41.9 Å². The monoisotopic (exact) mass is 340 g/mol. The molecule has 0 aliphatic rings. The zero-order chi connectivity index (χ0) is 15.3. The second kappa shape index (κ2) is 7.58. The molecule has 2 nitrogen and oxygen atoms in total. The highest BCUT2D eigenvalue weighted by molar-refractivity contribution is 9.10. The van der Waals surface area contributed by atoms with Gasteiger partial charge < -0.3 is 5.73 Å². The normalized spacial score (nSPS) is 15.1. The standard InChI is InChI=1S/C17H29BrN2/c1-13(2)11-20(14(3)4)17(5,12-19)10-15-6-8-16(18)9-7-15/h6-9,13-14H,10-12,19H2,1-5H3. The first-order valence-electron chi connectivity index (χ1n) is 7.49. The molecular weight excluding hydrogens is 312 g/mol. The SMILES string of the molecule is CC(C)CN(C(C)C)C(C)(CN)Cc1ccc(Br)cc1. The average molecular weight is 341 g/mol. The van der Waals surface area contributed by atoms with Gasteiger partial charge in [0, 0.05) is 29.1 Å². The molecule has 1 rings (SSSR count). The number of halogens is 1. The van der Waals surface area contributed by atoms with Crippen LogP contribution in [0.1, 0.15) is 40.2 Å². The summed E-state index contributed by atoms with van der Waals surface area (Å²) in [6.45, 7) is 13.1. The van der Waals surface area contributed by atoms with E-state index in [0.717, 1.165) is 17.4 Å².